The summed E-state index contributed by atoms with van der Waals surface area (Å²) >= 11 is 1.71. The molecule has 0 fully saturated rings. The summed E-state index contributed by atoms with van der Waals surface area (Å²) in [6, 6.07) is 0.0979. The minimum Gasteiger partial charge on any atom is -0.481 e. The lowest BCUT2D eigenvalue weighted by atomic mass is 10.2. The van der Waals surface area contributed by atoms with Gasteiger partial charge in [0.15, 0.2) is 0 Å². The molecule has 2 N–H and O–H groups in total. The lowest BCUT2D eigenvalue weighted by Gasteiger charge is -2.26. The third-order valence-electron chi connectivity index (χ3n) is 2.54. The van der Waals surface area contributed by atoms with Gasteiger partial charge in [0.2, 0.25) is 0 Å². The molecule has 1 unspecified atom stereocenters. The monoisotopic (exact) mass is 262 g/mol. The molecule has 6 heteroatoms. The maximum absolute atomic E-state index is 11.7. The molecule has 0 heterocycles. The summed E-state index contributed by atoms with van der Waals surface area (Å²) in [5.74, 6) is 0.0802. The van der Waals surface area contributed by atoms with Crippen LogP contribution in [0.15, 0.2) is 0 Å². The summed E-state index contributed by atoms with van der Waals surface area (Å²) in [7, 11) is 1.77. The van der Waals surface area contributed by atoms with Crippen molar-refractivity contribution >= 4 is 23.8 Å². The van der Waals surface area contributed by atoms with Crippen molar-refractivity contribution in [2.45, 2.75) is 32.2 Å². The molecule has 0 saturated heterocycles. The van der Waals surface area contributed by atoms with Gasteiger partial charge in [0.05, 0.1) is 0 Å². The van der Waals surface area contributed by atoms with Gasteiger partial charge in [0.25, 0.3) is 0 Å². The highest BCUT2D eigenvalue weighted by Gasteiger charge is 2.17. The fourth-order valence-corrected chi connectivity index (χ4v) is 2.27. The first-order valence-electron chi connectivity index (χ1n) is 5.74. The fraction of sp³-hybridized carbons (Fsp3) is 0.818. The first kappa shape index (κ1) is 16.1. The molecule has 0 spiro atoms. The van der Waals surface area contributed by atoms with Gasteiger partial charge >= 0.3 is 12.0 Å². The van der Waals surface area contributed by atoms with Gasteiger partial charge in [-0.15, -0.1) is 0 Å². The summed E-state index contributed by atoms with van der Waals surface area (Å²) in [4.78, 5) is 23.7. The molecule has 100 valence electrons. The number of nitrogens with zero attached hydrogens (tertiary/aromatic N) is 1. The largest absolute Gasteiger partial charge is 0.481 e. The van der Waals surface area contributed by atoms with Crippen molar-refractivity contribution in [1.82, 2.24) is 10.2 Å². The van der Waals surface area contributed by atoms with E-state index in [0.717, 1.165) is 12.2 Å². The molecular formula is C11H22N2O3S. The quantitative estimate of drug-likeness (QED) is 0.652. The second-order valence-electron chi connectivity index (χ2n) is 3.86. The van der Waals surface area contributed by atoms with E-state index in [-0.39, 0.29) is 18.5 Å². The second kappa shape index (κ2) is 9.15. The molecule has 0 saturated carbocycles. The van der Waals surface area contributed by atoms with Crippen LogP contribution in [0.1, 0.15) is 26.2 Å². The van der Waals surface area contributed by atoms with Crippen LogP contribution in [-0.4, -0.2) is 53.6 Å². The van der Waals surface area contributed by atoms with E-state index in [9.17, 15) is 9.59 Å². The Labute approximate surface area is 107 Å². The molecule has 17 heavy (non-hydrogen) atoms. The smallest absolute Gasteiger partial charge is 0.317 e. The van der Waals surface area contributed by atoms with Crippen LogP contribution in [0.25, 0.3) is 0 Å². The van der Waals surface area contributed by atoms with Crippen molar-refractivity contribution in [3.05, 3.63) is 0 Å². The summed E-state index contributed by atoms with van der Waals surface area (Å²) in [5, 5.41) is 11.2. The van der Waals surface area contributed by atoms with Crippen molar-refractivity contribution < 1.29 is 14.7 Å². The van der Waals surface area contributed by atoms with Crippen LogP contribution >= 0.6 is 11.8 Å². The van der Waals surface area contributed by atoms with E-state index < -0.39 is 5.97 Å². The number of carboxylic acids is 1. The molecule has 0 aliphatic heterocycles. The zero-order valence-corrected chi connectivity index (χ0v) is 11.5. The van der Waals surface area contributed by atoms with Crippen molar-refractivity contribution in [1.29, 1.82) is 0 Å². The standard InChI is InChI=1S/C11H22N2O3S/c1-4-9(8-17-3)13(2)11(16)12-7-5-6-10(14)15/h9H,4-8H2,1-3H3,(H,12,16)(H,14,15). The number of nitrogens with one attached hydrogen (secondary N) is 1. The van der Waals surface area contributed by atoms with Gasteiger partial charge < -0.3 is 15.3 Å². The number of hydrogen-bond donors (Lipinski definition) is 2. The molecule has 0 rings (SSSR count). The highest BCUT2D eigenvalue weighted by atomic mass is 32.2. The van der Waals surface area contributed by atoms with Crippen molar-refractivity contribution in [2.24, 2.45) is 0 Å². The van der Waals surface area contributed by atoms with Crippen LogP contribution in [0.3, 0.4) is 0 Å². The van der Waals surface area contributed by atoms with Crippen LogP contribution < -0.4 is 5.32 Å². The second-order valence-corrected chi connectivity index (χ2v) is 4.77. The minimum absolute atomic E-state index is 0.0893. The third kappa shape index (κ3) is 7.10. The number of aliphatic carboxylic acids is 1. The number of thioether (sulfide) groups is 1. The summed E-state index contributed by atoms with van der Waals surface area (Å²) in [6.45, 7) is 2.46. The van der Waals surface area contributed by atoms with E-state index in [1.165, 1.54) is 0 Å². The Kier molecular flexibility index (Phi) is 8.66. The van der Waals surface area contributed by atoms with E-state index in [1.807, 2.05) is 6.26 Å². The maximum atomic E-state index is 11.7. The Morgan fingerprint density at radius 3 is 2.59 bits per heavy atom. The molecular weight excluding hydrogens is 240 g/mol. The number of amides is 2. The number of hydrogen-bond acceptors (Lipinski definition) is 3. The number of rotatable bonds is 8. The zero-order valence-electron chi connectivity index (χ0n) is 10.7. The molecule has 0 bridgehead atoms. The van der Waals surface area contributed by atoms with E-state index in [4.69, 9.17) is 5.11 Å². The van der Waals surface area contributed by atoms with Gasteiger partial charge in [0.1, 0.15) is 0 Å². The normalized spacial score (nSPS) is 11.9. The van der Waals surface area contributed by atoms with E-state index >= 15 is 0 Å². The molecule has 0 aromatic rings. The van der Waals surface area contributed by atoms with Crippen LogP contribution in [0.5, 0.6) is 0 Å². The Hall–Kier alpha value is -0.910. The van der Waals surface area contributed by atoms with E-state index in [0.29, 0.717) is 13.0 Å². The SMILES string of the molecule is CCC(CSC)N(C)C(=O)NCCCC(=O)O. The Balaban J connectivity index is 3.90. The average molecular weight is 262 g/mol. The first-order valence-corrected chi connectivity index (χ1v) is 7.13. The van der Waals surface area contributed by atoms with E-state index in [2.05, 4.69) is 12.2 Å². The Morgan fingerprint density at radius 2 is 2.12 bits per heavy atom. The number of carboxylic acid groups (broad SMARTS) is 1. The van der Waals surface area contributed by atoms with Crippen molar-refractivity contribution in [3.8, 4) is 0 Å². The van der Waals surface area contributed by atoms with Gasteiger partial charge in [0, 0.05) is 31.8 Å². The van der Waals surface area contributed by atoms with Crippen molar-refractivity contribution in [3.63, 3.8) is 0 Å². The highest BCUT2D eigenvalue weighted by Crippen LogP contribution is 2.08. The van der Waals surface area contributed by atoms with Gasteiger partial charge in [-0.3, -0.25) is 4.79 Å². The van der Waals surface area contributed by atoms with Gasteiger partial charge in [-0.1, -0.05) is 6.92 Å². The van der Waals surface area contributed by atoms with Gasteiger partial charge in [-0.25, -0.2) is 4.79 Å². The maximum Gasteiger partial charge on any atom is 0.317 e. The Bertz CT molecular complexity index is 249. The molecule has 0 aromatic heterocycles. The summed E-state index contributed by atoms with van der Waals surface area (Å²) in [6.07, 6.45) is 3.49. The summed E-state index contributed by atoms with van der Waals surface area (Å²) in [5.41, 5.74) is 0. The predicted octanol–water partition coefficient (Wildman–Crippen LogP) is 1.63. The Morgan fingerprint density at radius 1 is 1.47 bits per heavy atom. The number of carbonyl (C=O) groups excluding carboxylic acids is 1. The fourth-order valence-electron chi connectivity index (χ4n) is 1.42. The summed E-state index contributed by atoms with van der Waals surface area (Å²) < 4.78 is 0. The van der Waals surface area contributed by atoms with Crippen molar-refractivity contribution in [2.75, 3.05) is 25.6 Å². The average Bonchev–Trinajstić information content (AvgIpc) is 2.30. The highest BCUT2D eigenvalue weighted by molar-refractivity contribution is 7.98. The molecule has 1 atom stereocenters. The predicted molar refractivity (Wildman–Crippen MR) is 70.5 cm³/mol. The molecule has 0 aliphatic carbocycles. The molecule has 2 amide bonds. The van der Waals surface area contributed by atoms with Crippen LogP contribution in [0.4, 0.5) is 4.79 Å². The number of urea groups is 1. The van der Waals surface area contributed by atoms with E-state index in [1.54, 1.807) is 23.7 Å². The molecule has 0 radical (unpaired) electrons. The molecule has 5 nitrogen and oxygen atoms in total. The third-order valence-corrected chi connectivity index (χ3v) is 3.26. The minimum atomic E-state index is -0.832. The lowest BCUT2D eigenvalue weighted by molar-refractivity contribution is -0.137. The van der Waals surface area contributed by atoms with Gasteiger partial charge in [-0.05, 0) is 19.1 Å². The van der Waals surface area contributed by atoms with Gasteiger partial charge in [-0.2, -0.15) is 11.8 Å². The van der Waals surface area contributed by atoms with Crippen LogP contribution in [0, 0.1) is 0 Å². The molecule has 0 aromatic carbocycles. The number of carbonyl (C=O) groups is 2. The lowest BCUT2D eigenvalue weighted by Crippen LogP contribution is -2.44. The van der Waals surface area contributed by atoms with Crippen LogP contribution in [-0.2, 0) is 4.79 Å². The topological polar surface area (TPSA) is 69.6 Å². The molecule has 0 aliphatic rings. The first-order chi connectivity index (χ1) is 8.02. The van der Waals surface area contributed by atoms with Crippen LogP contribution in [0.2, 0.25) is 0 Å². The zero-order chi connectivity index (χ0) is 13.3.